The minimum atomic E-state index is -4.30. The second kappa shape index (κ2) is 8.57. The number of rotatable bonds is 7. The Hall–Kier alpha value is -2.33. The monoisotopic (exact) mass is 371 g/mol. The van der Waals surface area contributed by atoms with E-state index in [4.69, 9.17) is 0 Å². The van der Waals surface area contributed by atoms with Crippen molar-refractivity contribution in [2.75, 3.05) is 13.1 Å². The van der Waals surface area contributed by atoms with Crippen LogP contribution in [0.5, 0.6) is 0 Å². The molecule has 0 atom stereocenters. The van der Waals surface area contributed by atoms with Crippen LogP contribution in [-0.4, -0.2) is 13.1 Å². The van der Waals surface area contributed by atoms with Crippen LogP contribution in [0.25, 0.3) is 5.57 Å². The van der Waals surface area contributed by atoms with Crippen molar-refractivity contribution in [3.63, 3.8) is 0 Å². The Labute approximate surface area is 158 Å². The molecule has 4 heteroatoms. The van der Waals surface area contributed by atoms with Gasteiger partial charge < -0.3 is 5.32 Å². The quantitative estimate of drug-likeness (QED) is 0.488. The van der Waals surface area contributed by atoms with Gasteiger partial charge in [-0.05, 0) is 66.1 Å². The zero-order valence-electron chi connectivity index (χ0n) is 15.2. The molecule has 1 aliphatic rings. The maximum atomic E-state index is 12.9. The summed E-state index contributed by atoms with van der Waals surface area (Å²) < 4.78 is 38.7. The topological polar surface area (TPSA) is 12.0 Å². The second-order valence-corrected chi connectivity index (χ2v) is 6.89. The van der Waals surface area contributed by atoms with Gasteiger partial charge in [0.2, 0.25) is 0 Å². The lowest BCUT2D eigenvalue weighted by molar-refractivity contribution is -0.137. The number of allylic oxidation sites excluding steroid dienone is 1. The number of halogens is 3. The maximum Gasteiger partial charge on any atom is 0.416 e. The summed E-state index contributed by atoms with van der Waals surface area (Å²) in [4.78, 5) is 0. The van der Waals surface area contributed by atoms with Crippen LogP contribution >= 0.6 is 0 Å². The van der Waals surface area contributed by atoms with Crippen LogP contribution in [0.15, 0.2) is 67.3 Å². The third-order valence-corrected chi connectivity index (χ3v) is 5.01. The highest BCUT2D eigenvalue weighted by molar-refractivity contribution is 5.69. The maximum absolute atomic E-state index is 12.9. The molecule has 1 N–H and O–H groups in total. The molecule has 2 aromatic carbocycles. The van der Waals surface area contributed by atoms with Crippen LogP contribution in [-0.2, 0) is 19.0 Å². The zero-order chi connectivity index (χ0) is 19.3. The normalized spacial score (nSPS) is 15.0. The van der Waals surface area contributed by atoms with E-state index < -0.39 is 11.7 Å². The third kappa shape index (κ3) is 4.89. The van der Waals surface area contributed by atoms with E-state index in [0.29, 0.717) is 5.92 Å². The Morgan fingerprint density at radius 2 is 1.67 bits per heavy atom. The standard InChI is InChI=1S/C23H24F3N/c1-2-13-27-14-5-8-22(17-9-11-21(12-10-17)23(24,25)26)20-15-18-6-3-4-7-19(18)16-20/h2-4,6-12,20,27H,1,5,13-16H2/b22-8-. The Balaban J connectivity index is 1.82. The van der Waals surface area contributed by atoms with E-state index >= 15 is 0 Å². The van der Waals surface area contributed by atoms with Gasteiger partial charge in [-0.1, -0.05) is 48.6 Å². The summed E-state index contributed by atoms with van der Waals surface area (Å²) >= 11 is 0. The summed E-state index contributed by atoms with van der Waals surface area (Å²) in [7, 11) is 0. The van der Waals surface area contributed by atoms with Gasteiger partial charge in [-0.3, -0.25) is 0 Å². The molecule has 0 spiro atoms. The first-order valence-electron chi connectivity index (χ1n) is 9.25. The number of benzene rings is 2. The summed E-state index contributed by atoms with van der Waals surface area (Å²) in [5.74, 6) is 0.304. The fraction of sp³-hybridized carbons (Fsp3) is 0.304. The lowest BCUT2D eigenvalue weighted by atomic mass is 9.89. The molecular formula is C23H24F3N. The van der Waals surface area contributed by atoms with Crippen LogP contribution in [0.4, 0.5) is 13.2 Å². The largest absolute Gasteiger partial charge is 0.416 e. The molecule has 0 aromatic heterocycles. The average Bonchev–Trinajstić information content (AvgIpc) is 3.08. The van der Waals surface area contributed by atoms with Crippen molar-refractivity contribution in [1.82, 2.24) is 5.32 Å². The Morgan fingerprint density at radius 3 is 2.22 bits per heavy atom. The van der Waals surface area contributed by atoms with Crippen LogP contribution in [0.1, 0.15) is 28.7 Å². The Kier molecular flexibility index (Phi) is 6.17. The number of alkyl halides is 3. The summed E-state index contributed by atoms with van der Waals surface area (Å²) in [6.45, 7) is 5.25. The Morgan fingerprint density at radius 1 is 1.04 bits per heavy atom. The minimum absolute atomic E-state index is 0.304. The highest BCUT2D eigenvalue weighted by atomic mass is 19.4. The molecule has 3 rings (SSSR count). The molecular weight excluding hydrogens is 347 g/mol. The van der Waals surface area contributed by atoms with Gasteiger partial charge in [0.1, 0.15) is 0 Å². The van der Waals surface area contributed by atoms with Gasteiger partial charge in [-0.15, -0.1) is 6.58 Å². The van der Waals surface area contributed by atoms with Gasteiger partial charge in [-0.25, -0.2) is 0 Å². The van der Waals surface area contributed by atoms with Crippen molar-refractivity contribution >= 4 is 5.57 Å². The summed E-state index contributed by atoms with van der Waals surface area (Å²) in [5, 5.41) is 3.27. The molecule has 0 saturated heterocycles. The minimum Gasteiger partial charge on any atom is -0.313 e. The predicted molar refractivity (Wildman–Crippen MR) is 104 cm³/mol. The number of nitrogens with one attached hydrogen (secondary N) is 1. The molecule has 0 amide bonds. The van der Waals surface area contributed by atoms with E-state index in [0.717, 1.165) is 43.5 Å². The SMILES string of the molecule is C=CCNCC/C=C(/c1ccc(C(F)(F)F)cc1)C1Cc2ccccc2C1. The first-order valence-corrected chi connectivity index (χ1v) is 9.25. The smallest absolute Gasteiger partial charge is 0.313 e. The van der Waals surface area contributed by atoms with Crippen LogP contribution < -0.4 is 5.32 Å². The van der Waals surface area contributed by atoms with Crippen molar-refractivity contribution < 1.29 is 13.2 Å². The molecule has 0 unspecified atom stereocenters. The molecule has 0 heterocycles. The van der Waals surface area contributed by atoms with E-state index in [9.17, 15) is 13.2 Å². The average molecular weight is 371 g/mol. The van der Waals surface area contributed by atoms with Crippen molar-refractivity contribution in [2.45, 2.75) is 25.4 Å². The molecule has 1 aliphatic carbocycles. The van der Waals surface area contributed by atoms with Crippen molar-refractivity contribution in [3.8, 4) is 0 Å². The van der Waals surface area contributed by atoms with Crippen LogP contribution in [0.2, 0.25) is 0 Å². The molecule has 1 nitrogen and oxygen atoms in total. The molecule has 0 fully saturated rings. The van der Waals surface area contributed by atoms with Gasteiger partial charge in [0, 0.05) is 6.54 Å². The van der Waals surface area contributed by atoms with Crippen molar-refractivity contribution in [3.05, 3.63) is 89.5 Å². The van der Waals surface area contributed by atoms with Gasteiger partial charge in [0.05, 0.1) is 5.56 Å². The van der Waals surface area contributed by atoms with Gasteiger partial charge in [0.25, 0.3) is 0 Å². The lowest BCUT2D eigenvalue weighted by Crippen LogP contribution is -2.14. The van der Waals surface area contributed by atoms with Crippen molar-refractivity contribution in [2.24, 2.45) is 5.92 Å². The summed E-state index contributed by atoms with van der Waals surface area (Å²) in [5.41, 5.74) is 4.09. The number of hydrogen-bond acceptors (Lipinski definition) is 1. The first-order chi connectivity index (χ1) is 13.0. The second-order valence-electron chi connectivity index (χ2n) is 6.89. The van der Waals surface area contributed by atoms with Crippen molar-refractivity contribution in [1.29, 1.82) is 0 Å². The van der Waals surface area contributed by atoms with Gasteiger partial charge in [-0.2, -0.15) is 13.2 Å². The highest BCUT2D eigenvalue weighted by Crippen LogP contribution is 2.37. The van der Waals surface area contributed by atoms with E-state index in [2.05, 4.69) is 30.1 Å². The van der Waals surface area contributed by atoms with E-state index in [1.165, 1.54) is 23.3 Å². The molecule has 0 saturated carbocycles. The fourth-order valence-corrected chi connectivity index (χ4v) is 3.68. The molecule has 142 valence electrons. The Bertz CT molecular complexity index is 778. The highest BCUT2D eigenvalue weighted by Gasteiger charge is 2.30. The third-order valence-electron chi connectivity index (χ3n) is 5.01. The number of fused-ring (bicyclic) bond motifs is 1. The molecule has 27 heavy (non-hydrogen) atoms. The molecule has 0 bridgehead atoms. The molecule has 2 aromatic rings. The summed E-state index contributed by atoms with van der Waals surface area (Å²) in [6.07, 6.45) is 2.38. The van der Waals surface area contributed by atoms with E-state index in [-0.39, 0.29) is 0 Å². The predicted octanol–water partition coefficient (Wildman–Crippen LogP) is 5.67. The summed E-state index contributed by atoms with van der Waals surface area (Å²) in [6, 6.07) is 14.0. The lowest BCUT2D eigenvalue weighted by Gasteiger charge is -2.17. The van der Waals surface area contributed by atoms with E-state index in [1.807, 2.05) is 18.2 Å². The van der Waals surface area contributed by atoms with Gasteiger partial charge >= 0.3 is 6.18 Å². The molecule has 0 radical (unpaired) electrons. The van der Waals surface area contributed by atoms with Crippen LogP contribution in [0, 0.1) is 5.92 Å². The molecule has 0 aliphatic heterocycles. The fourth-order valence-electron chi connectivity index (χ4n) is 3.68. The van der Waals surface area contributed by atoms with E-state index in [1.54, 1.807) is 12.1 Å². The zero-order valence-corrected chi connectivity index (χ0v) is 15.2. The number of hydrogen-bond donors (Lipinski definition) is 1. The van der Waals surface area contributed by atoms with Gasteiger partial charge in [0.15, 0.2) is 0 Å². The van der Waals surface area contributed by atoms with Crippen LogP contribution in [0.3, 0.4) is 0 Å². The first kappa shape index (κ1) is 19.4.